The van der Waals surface area contributed by atoms with Gasteiger partial charge in [0.1, 0.15) is 6.33 Å². The van der Waals surface area contributed by atoms with Crippen LogP contribution in [-0.4, -0.2) is 52.1 Å². The predicted molar refractivity (Wildman–Crippen MR) is 85.4 cm³/mol. The Morgan fingerprint density at radius 1 is 1.43 bits per heavy atom. The maximum Gasteiger partial charge on any atom is 0.228 e. The first-order valence-corrected chi connectivity index (χ1v) is 9.18. The third-order valence-electron chi connectivity index (χ3n) is 4.05. The highest BCUT2D eigenvalue weighted by molar-refractivity contribution is 7.89. The molecule has 23 heavy (non-hydrogen) atoms. The minimum Gasteiger partial charge on any atom is -0.324 e. The van der Waals surface area contributed by atoms with Crippen LogP contribution in [0.5, 0.6) is 0 Å². The number of sulfonamides is 1. The summed E-state index contributed by atoms with van der Waals surface area (Å²) >= 11 is 0. The maximum atomic E-state index is 12.4. The highest BCUT2D eigenvalue weighted by Crippen LogP contribution is 2.21. The highest BCUT2D eigenvalue weighted by atomic mass is 32.2. The van der Waals surface area contributed by atoms with E-state index in [1.807, 2.05) is 0 Å². The fraction of sp³-hybridized carbons (Fsp3) is 0.500. The van der Waals surface area contributed by atoms with E-state index in [0.717, 1.165) is 0 Å². The fourth-order valence-electron chi connectivity index (χ4n) is 2.73. The Labute approximate surface area is 134 Å². The van der Waals surface area contributed by atoms with Gasteiger partial charge < -0.3 is 5.32 Å². The predicted octanol–water partition coefficient (Wildman–Crippen LogP) is 0.729. The second kappa shape index (κ2) is 6.25. The zero-order valence-corrected chi connectivity index (χ0v) is 13.7. The van der Waals surface area contributed by atoms with Crippen molar-refractivity contribution in [1.82, 2.24) is 18.9 Å². The summed E-state index contributed by atoms with van der Waals surface area (Å²) in [6.45, 7) is 2.35. The number of anilines is 1. The lowest BCUT2D eigenvalue weighted by molar-refractivity contribution is -0.120. The third kappa shape index (κ3) is 3.35. The molecular formula is C14H19N5O3S. The van der Waals surface area contributed by atoms with Crippen molar-refractivity contribution in [1.29, 1.82) is 0 Å². The molecule has 0 spiro atoms. The first-order chi connectivity index (χ1) is 11.0. The molecule has 3 rings (SSSR count). The summed E-state index contributed by atoms with van der Waals surface area (Å²) in [6, 6.07) is 3.52. The quantitative estimate of drug-likeness (QED) is 0.887. The van der Waals surface area contributed by atoms with Crippen molar-refractivity contribution in [2.24, 2.45) is 5.92 Å². The molecule has 124 valence electrons. The second-order valence-corrected chi connectivity index (χ2v) is 7.83. The lowest BCUT2D eigenvalue weighted by atomic mass is 9.99. The summed E-state index contributed by atoms with van der Waals surface area (Å²) in [6.07, 6.45) is 4.51. The number of pyridine rings is 1. The van der Waals surface area contributed by atoms with Crippen LogP contribution >= 0.6 is 0 Å². The van der Waals surface area contributed by atoms with E-state index >= 15 is 0 Å². The largest absolute Gasteiger partial charge is 0.324 e. The Morgan fingerprint density at radius 2 is 2.26 bits per heavy atom. The standard InChI is InChI=1S/C14H19N5O3S/c1-2-23(21,22)18-7-3-4-11(8-18)14(20)17-12-5-6-13-15-10-16-19(13)9-12/h5-6,9-11H,2-4,7-8H2,1H3,(H,17,20). The average molecular weight is 337 g/mol. The minimum absolute atomic E-state index is 0.0598. The molecule has 2 aromatic heterocycles. The van der Waals surface area contributed by atoms with Gasteiger partial charge in [0.2, 0.25) is 15.9 Å². The molecule has 0 aromatic carbocycles. The molecular weight excluding hydrogens is 318 g/mol. The number of amides is 1. The molecule has 1 fully saturated rings. The van der Waals surface area contributed by atoms with Gasteiger partial charge in [0.15, 0.2) is 5.65 Å². The first kappa shape index (κ1) is 15.9. The minimum atomic E-state index is -3.25. The number of carbonyl (C=O) groups is 1. The van der Waals surface area contributed by atoms with Gasteiger partial charge in [-0.05, 0) is 31.9 Å². The first-order valence-electron chi connectivity index (χ1n) is 7.57. The number of hydrogen-bond acceptors (Lipinski definition) is 5. The van der Waals surface area contributed by atoms with E-state index < -0.39 is 10.0 Å². The number of rotatable bonds is 4. The number of fused-ring (bicyclic) bond motifs is 1. The number of nitrogens with one attached hydrogen (secondary N) is 1. The second-order valence-electron chi connectivity index (χ2n) is 5.57. The van der Waals surface area contributed by atoms with Crippen molar-refractivity contribution in [3.05, 3.63) is 24.7 Å². The Kier molecular flexibility index (Phi) is 4.31. The smallest absolute Gasteiger partial charge is 0.228 e. The van der Waals surface area contributed by atoms with Crippen molar-refractivity contribution in [3.63, 3.8) is 0 Å². The summed E-state index contributed by atoms with van der Waals surface area (Å²) in [5.41, 5.74) is 1.31. The maximum absolute atomic E-state index is 12.4. The summed E-state index contributed by atoms with van der Waals surface area (Å²) in [5.74, 6) is -0.443. The van der Waals surface area contributed by atoms with Crippen LogP contribution in [0.1, 0.15) is 19.8 Å². The van der Waals surface area contributed by atoms with Gasteiger partial charge in [0.05, 0.1) is 23.6 Å². The van der Waals surface area contributed by atoms with Gasteiger partial charge in [0, 0.05) is 13.1 Å². The van der Waals surface area contributed by atoms with Crippen LogP contribution in [-0.2, 0) is 14.8 Å². The molecule has 0 aliphatic carbocycles. The average Bonchev–Trinajstić information content (AvgIpc) is 3.02. The van der Waals surface area contributed by atoms with Crippen LogP contribution in [0.2, 0.25) is 0 Å². The molecule has 0 radical (unpaired) electrons. The highest BCUT2D eigenvalue weighted by Gasteiger charge is 2.31. The molecule has 8 nitrogen and oxygen atoms in total. The van der Waals surface area contributed by atoms with Crippen LogP contribution in [0.3, 0.4) is 0 Å². The molecule has 1 N–H and O–H groups in total. The lowest BCUT2D eigenvalue weighted by Crippen LogP contribution is -2.44. The van der Waals surface area contributed by atoms with Crippen molar-refractivity contribution in [3.8, 4) is 0 Å². The topological polar surface area (TPSA) is 96.7 Å². The summed E-state index contributed by atoms with van der Waals surface area (Å²) < 4.78 is 26.9. The van der Waals surface area contributed by atoms with E-state index in [1.54, 1.807) is 29.8 Å². The van der Waals surface area contributed by atoms with Crippen molar-refractivity contribution >= 4 is 27.3 Å². The van der Waals surface area contributed by atoms with E-state index in [9.17, 15) is 13.2 Å². The Morgan fingerprint density at radius 3 is 3.04 bits per heavy atom. The number of nitrogens with zero attached hydrogens (tertiary/aromatic N) is 4. The van der Waals surface area contributed by atoms with Gasteiger partial charge >= 0.3 is 0 Å². The molecule has 2 aromatic rings. The van der Waals surface area contributed by atoms with E-state index in [-0.39, 0.29) is 24.1 Å². The SMILES string of the molecule is CCS(=O)(=O)N1CCCC(C(=O)Nc2ccc3ncnn3c2)C1. The monoisotopic (exact) mass is 337 g/mol. The van der Waals surface area contributed by atoms with E-state index in [4.69, 9.17) is 0 Å². The number of carbonyl (C=O) groups excluding carboxylic acids is 1. The zero-order chi connectivity index (χ0) is 16.4. The summed E-state index contributed by atoms with van der Waals surface area (Å²) in [4.78, 5) is 16.5. The van der Waals surface area contributed by atoms with Gasteiger partial charge in [-0.1, -0.05) is 0 Å². The van der Waals surface area contributed by atoms with Gasteiger partial charge in [-0.2, -0.15) is 5.10 Å². The molecule has 1 aliphatic heterocycles. The Balaban J connectivity index is 1.70. The van der Waals surface area contributed by atoms with Crippen molar-refractivity contribution in [2.45, 2.75) is 19.8 Å². The molecule has 1 amide bonds. The molecule has 3 heterocycles. The van der Waals surface area contributed by atoms with Gasteiger partial charge in [-0.25, -0.2) is 22.2 Å². The number of hydrogen-bond donors (Lipinski definition) is 1. The molecule has 1 saturated heterocycles. The number of piperidine rings is 1. The van der Waals surface area contributed by atoms with Gasteiger partial charge in [0.25, 0.3) is 0 Å². The van der Waals surface area contributed by atoms with E-state index in [0.29, 0.717) is 30.7 Å². The molecule has 1 unspecified atom stereocenters. The number of aromatic nitrogens is 3. The molecule has 1 aliphatic rings. The fourth-order valence-corrected chi connectivity index (χ4v) is 3.91. The van der Waals surface area contributed by atoms with Crippen LogP contribution in [0.15, 0.2) is 24.7 Å². The normalized spacial score (nSPS) is 19.8. The molecule has 9 heteroatoms. The molecule has 0 saturated carbocycles. The van der Waals surface area contributed by atoms with Crippen LogP contribution < -0.4 is 5.32 Å². The summed E-state index contributed by atoms with van der Waals surface area (Å²) in [7, 11) is -3.25. The van der Waals surface area contributed by atoms with Crippen LogP contribution in [0.25, 0.3) is 5.65 Å². The van der Waals surface area contributed by atoms with Gasteiger partial charge in [-0.3, -0.25) is 4.79 Å². The zero-order valence-electron chi connectivity index (χ0n) is 12.8. The van der Waals surface area contributed by atoms with Crippen LogP contribution in [0, 0.1) is 5.92 Å². The lowest BCUT2D eigenvalue weighted by Gasteiger charge is -2.30. The Hall–Kier alpha value is -2.00. The van der Waals surface area contributed by atoms with Gasteiger partial charge in [-0.15, -0.1) is 0 Å². The third-order valence-corrected chi connectivity index (χ3v) is 5.90. The summed E-state index contributed by atoms with van der Waals surface area (Å²) in [5, 5.41) is 6.86. The van der Waals surface area contributed by atoms with Crippen molar-refractivity contribution < 1.29 is 13.2 Å². The van der Waals surface area contributed by atoms with Crippen molar-refractivity contribution in [2.75, 3.05) is 24.2 Å². The molecule has 1 atom stereocenters. The van der Waals surface area contributed by atoms with Crippen LogP contribution in [0.4, 0.5) is 5.69 Å². The molecule has 0 bridgehead atoms. The van der Waals surface area contributed by atoms with E-state index in [2.05, 4.69) is 15.4 Å². The van der Waals surface area contributed by atoms with E-state index in [1.165, 1.54) is 10.6 Å². The Bertz CT molecular complexity index is 817.